The van der Waals surface area contributed by atoms with Gasteiger partial charge in [-0.05, 0) is 24.9 Å². The van der Waals surface area contributed by atoms with E-state index in [1.807, 2.05) is 0 Å². The Morgan fingerprint density at radius 1 is 1.30 bits per heavy atom. The summed E-state index contributed by atoms with van der Waals surface area (Å²) >= 11 is 1.63. The van der Waals surface area contributed by atoms with E-state index in [2.05, 4.69) is 25.1 Å². The number of aryl methyl sites for hydroxylation is 1. The minimum absolute atomic E-state index is 0.0461. The van der Waals surface area contributed by atoms with Crippen molar-refractivity contribution in [1.82, 2.24) is 29.6 Å². The standard InChI is InChI=1S/C15H16N6OS/c22-15-13-9-3-4-16-6-10(9)23-14(13)17-8-20(15)7-12-19-18-11-2-1-5-21(11)12/h8,16H,1-7H2. The predicted molar refractivity (Wildman–Crippen MR) is 86.7 cm³/mol. The molecule has 3 aromatic heterocycles. The first-order chi connectivity index (χ1) is 11.3. The normalized spacial score (nSPS) is 16.7. The van der Waals surface area contributed by atoms with Gasteiger partial charge in [-0.1, -0.05) is 0 Å². The fraction of sp³-hybridized carbons (Fsp3) is 0.467. The number of hydrogen-bond acceptors (Lipinski definition) is 6. The van der Waals surface area contributed by atoms with Crippen LogP contribution in [0.5, 0.6) is 0 Å². The van der Waals surface area contributed by atoms with E-state index in [0.29, 0.717) is 6.54 Å². The fourth-order valence-corrected chi connectivity index (χ4v) is 4.69. The molecule has 0 saturated heterocycles. The van der Waals surface area contributed by atoms with E-state index in [1.165, 1.54) is 10.4 Å². The van der Waals surface area contributed by atoms with Gasteiger partial charge in [0.05, 0.1) is 18.3 Å². The van der Waals surface area contributed by atoms with Gasteiger partial charge in [0.1, 0.15) is 10.7 Å². The minimum atomic E-state index is 0.0461. The second-order valence-electron chi connectivity index (χ2n) is 6.08. The van der Waals surface area contributed by atoms with Gasteiger partial charge in [-0.2, -0.15) is 0 Å². The summed E-state index contributed by atoms with van der Waals surface area (Å²) in [4.78, 5) is 19.6. The molecule has 0 atom stereocenters. The molecule has 2 aliphatic rings. The molecule has 23 heavy (non-hydrogen) atoms. The van der Waals surface area contributed by atoms with Crippen molar-refractivity contribution in [2.24, 2.45) is 0 Å². The van der Waals surface area contributed by atoms with Crippen molar-refractivity contribution in [3.8, 4) is 0 Å². The highest BCUT2D eigenvalue weighted by atomic mass is 32.1. The third-order valence-electron chi connectivity index (χ3n) is 4.70. The molecule has 118 valence electrons. The fourth-order valence-electron chi connectivity index (χ4n) is 3.54. The molecule has 5 rings (SSSR count). The Kier molecular flexibility index (Phi) is 2.89. The van der Waals surface area contributed by atoms with E-state index >= 15 is 0 Å². The first-order valence-corrected chi connectivity index (χ1v) is 8.74. The van der Waals surface area contributed by atoms with Crippen LogP contribution in [0.3, 0.4) is 0 Å². The molecule has 2 aliphatic heterocycles. The van der Waals surface area contributed by atoms with Crippen molar-refractivity contribution in [3.05, 3.63) is 38.8 Å². The molecular formula is C15H16N6OS. The van der Waals surface area contributed by atoms with Crippen LogP contribution in [0.25, 0.3) is 10.2 Å². The molecule has 5 heterocycles. The molecule has 0 bridgehead atoms. The number of aromatic nitrogens is 5. The molecule has 3 aromatic rings. The number of hydrogen-bond donors (Lipinski definition) is 1. The van der Waals surface area contributed by atoms with Crippen LogP contribution >= 0.6 is 11.3 Å². The average Bonchev–Trinajstić information content (AvgIpc) is 3.25. The number of nitrogens with one attached hydrogen (secondary N) is 1. The molecule has 0 radical (unpaired) electrons. The zero-order valence-corrected chi connectivity index (χ0v) is 13.4. The highest BCUT2D eigenvalue weighted by Gasteiger charge is 2.21. The Balaban J connectivity index is 1.62. The van der Waals surface area contributed by atoms with Crippen molar-refractivity contribution < 1.29 is 0 Å². The van der Waals surface area contributed by atoms with Gasteiger partial charge in [0, 0.05) is 24.4 Å². The van der Waals surface area contributed by atoms with Crippen LogP contribution in [0, 0.1) is 0 Å². The lowest BCUT2D eigenvalue weighted by Crippen LogP contribution is -2.26. The van der Waals surface area contributed by atoms with Crippen molar-refractivity contribution in [2.75, 3.05) is 6.54 Å². The summed E-state index contributed by atoms with van der Waals surface area (Å²) < 4.78 is 3.80. The first-order valence-electron chi connectivity index (χ1n) is 7.92. The van der Waals surface area contributed by atoms with Crippen LogP contribution in [0.1, 0.15) is 28.5 Å². The summed E-state index contributed by atoms with van der Waals surface area (Å²) in [5.74, 6) is 1.88. The van der Waals surface area contributed by atoms with Gasteiger partial charge in [0.15, 0.2) is 5.82 Å². The van der Waals surface area contributed by atoms with Crippen LogP contribution in [-0.4, -0.2) is 30.9 Å². The highest BCUT2D eigenvalue weighted by molar-refractivity contribution is 7.18. The Morgan fingerprint density at radius 3 is 3.22 bits per heavy atom. The number of rotatable bonds is 2. The lowest BCUT2D eigenvalue weighted by molar-refractivity contribution is 0.630. The van der Waals surface area contributed by atoms with E-state index in [-0.39, 0.29) is 5.56 Å². The van der Waals surface area contributed by atoms with E-state index in [9.17, 15) is 4.79 Å². The Morgan fingerprint density at radius 2 is 2.26 bits per heavy atom. The lowest BCUT2D eigenvalue weighted by atomic mass is 10.1. The molecule has 0 saturated carbocycles. The number of fused-ring (bicyclic) bond motifs is 4. The average molecular weight is 328 g/mol. The molecule has 0 fully saturated rings. The van der Waals surface area contributed by atoms with Crippen LogP contribution in [0.4, 0.5) is 0 Å². The van der Waals surface area contributed by atoms with Gasteiger partial charge >= 0.3 is 0 Å². The largest absolute Gasteiger partial charge is 0.313 e. The number of thiophene rings is 1. The monoisotopic (exact) mass is 328 g/mol. The van der Waals surface area contributed by atoms with Crippen LogP contribution < -0.4 is 10.9 Å². The maximum Gasteiger partial charge on any atom is 0.262 e. The third kappa shape index (κ3) is 1.98. The topological polar surface area (TPSA) is 77.6 Å². The zero-order chi connectivity index (χ0) is 15.4. The molecule has 1 N–H and O–H groups in total. The zero-order valence-electron chi connectivity index (χ0n) is 12.6. The van der Waals surface area contributed by atoms with Crippen LogP contribution in [0.15, 0.2) is 11.1 Å². The molecule has 0 aliphatic carbocycles. The van der Waals surface area contributed by atoms with Gasteiger partial charge in [0.25, 0.3) is 5.56 Å². The van der Waals surface area contributed by atoms with Gasteiger partial charge in [-0.3, -0.25) is 9.36 Å². The minimum Gasteiger partial charge on any atom is -0.313 e. The van der Waals surface area contributed by atoms with Crippen LogP contribution in [0.2, 0.25) is 0 Å². The van der Waals surface area contributed by atoms with Gasteiger partial charge in [-0.25, -0.2) is 4.98 Å². The van der Waals surface area contributed by atoms with Crippen molar-refractivity contribution in [3.63, 3.8) is 0 Å². The summed E-state index contributed by atoms with van der Waals surface area (Å²) in [7, 11) is 0. The van der Waals surface area contributed by atoms with E-state index < -0.39 is 0 Å². The molecule has 0 aromatic carbocycles. The van der Waals surface area contributed by atoms with E-state index in [0.717, 1.165) is 60.8 Å². The molecule has 8 heteroatoms. The molecular weight excluding hydrogens is 312 g/mol. The van der Waals surface area contributed by atoms with Gasteiger partial charge in [0.2, 0.25) is 0 Å². The van der Waals surface area contributed by atoms with Gasteiger partial charge < -0.3 is 9.88 Å². The van der Waals surface area contributed by atoms with E-state index in [4.69, 9.17) is 0 Å². The molecule has 0 unspecified atom stereocenters. The Labute approximate surface area is 136 Å². The smallest absolute Gasteiger partial charge is 0.262 e. The SMILES string of the molecule is O=c1c2c3c(sc2ncn1Cc1nnc2n1CCC2)CNCC3. The van der Waals surface area contributed by atoms with Crippen molar-refractivity contribution >= 4 is 21.6 Å². The Hall–Kier alpha value is -2.06. The molecule has 0 spiro atoms. The van der Waals surface area contributed by atoms with Crippen molar-refractivity contribution in [2.45, 2.75) is 38.9 Å². The highest BCUT2D eigenvalue weighted by Crippen LogP contribution is 2.29. The summed E-state index contributed by atoms with van der Waals surface area (Å²) in [5, 5.41) is 12.6. The molecule has 7 nitrogen and oxygen atoms in total. The second kappa shape index (κ2) is 4.97. The quantitative estimate of drug-likeness (QED) is 0.749. The van der Waals surface area contributed by atoms with E-state index in [1.54, 1.807) is 22.2 Å². The summed E-state index contributed by atoms with van der Waals surface area (Å²) in [6.45, 7) is 3.15. The summed E-state index contributed by atoms with van der Waals surface area (Å²) in [6, 6.07) is 0. The first kappa shape index (κ1) is 13.4. The maximum absolute atomic E-state index is 12.9. The predicted octanol–water partition coefficient (Wildman–Crippen LogP) is 0.690. The number of nitrogens with zero attached hydrogens (tertiary/aromatic N) is 5. The maximum atomic E-state index is 12.9. The van der Waals surface area contributed by atoms with Crippen molar-refractivity contribution in [1.29, 1.82) is 0 Å². The third-order valence-corrected chi connectivity index (χ3v) is 5.84. The molecule has 0 amide bonds. The summed E-state index contributed by atoms with van der Waals surface area (Å²) in [6.07, 6.45) is 4.63. The lowest BCUT2D eigenvalue weighted by Gasteiger charge is -2.12. The van der Waals surface area contributed by atoms with Crippen LogP contribution in [-0.2, 0) is 32.5 Å². The Bertz CT molecular complexity index is 968. The van der Waals surface area contributed by atoms with Gasteiger partial charge in [-0.15, -0.1) is 21.5 Å². The summed E-state index contributed by atoms with van der Waals surface area (Å²) in [5.41, 5.74) is 1.23. The second-order valence-corrected chi connectivity index (χ2v) is 7.16.